The van der Waals surface area contributed by atoms with Gasteiger partial charge in [-0.2, -0.15) is 0 Å². The molecule has 2 aliphatic rings. The van der Waals surface area contributed by atoms with E-state index in [2.05, 4.69) is 39.6 Å². The predicted molar refractivity (Wildman–Crippen MR) is 93.9 cm³/mol. The number of methoxy groups -OCH3 is 1. The summed E-state index contributed by atoms with van der Waals surface area (Å²) in [6.45, 7) is 3.39. The van der Waals surface area contributed by atoms with Crippen molar-refractivity contribution in [2.24, 2.45) is 5.92 Å². The maximum absolute atomic E-state index is 5.57. The maximum Gasteiger partial charge on any atom is 0.245 e. The second kappa shape index (κ2) is 6.63. The third kappa shape index (κ3) is 3.20. The van der Waals surface area contributed by atoms with E-state index >= 15 is 0 Å². The van der Waals surface area contributed by atoms with Crippen LogP contribution >= 0.6 is 0 Å². The third-order valence-electron chi connectivity index (χ3n) is 5.39. The van der Waals surface area contributed by atoms with Gasteiger partial charge in [0.2, 0.25) is 5.95 Å². The molecule has 1 saturated carbocycles. The van der Waals surface area contributed by atoms with Crippen molar-refractivity contribution in [2.45, 2.75) is 31.2 Å². The largest absolute Gasteiger partial charge is 0.496 e. The van der Waals surface area contributed by atoms with E-state index in [1.807, 2.05) is 16.8 Å². The summed E-state index contributed by atoms with van der Waals surface area (Å²) in [4.78, 5) is 2.15. The number of tetrazole rings is 1. The lowest BCUT2D eigenvalue weighted by molar-refractivity contribution is 0.186. The van der Waals surface area contributed by atoms with Gasteiger partial charge in [0.1, 0.15) is 5.75 Å². The highest BCUT2D eigenvalue weighted by molar-refractivity contribution is 5.43. The van der Waals surface area contributed by atoms with Crippen LogP contribution in [0.3, 0.4) is 0 Å². The number of hydrogen-bond acceptors (Lipinski definition) is 6. The van der Waals surface area contributed by atoms with Gasteiger partial charge in [-0.3, -0.25) is 0 Å². The molecule has 0 spiro atoms. The average Bonchev–Trinajstić information content (AvgIpc) is 3.01. The highest BCUT2D eigenvalue weighted by Crippen LogP contribution is 2.52. The van der Waals surface area contributed by atoms with Crippen LogP contribution < -0.4 is 9.64 Å². The topological polar surface area (TPSA) is 65.3 Å². The molecule has 1 aliphatic carbocycles. The number of benzene rings is 1. The lowest BCUT2D eigenvalue weighted by Crippen LogP contribution is -2.30. The number of para-hydroxylation sites is 1. The van der Waals surface area contributed by atoms with Crippen molar-refractivity contribution in [3.63, 3.8) is 0 Å². The molecule has 1 saturated heterocycles. The smallest absolute Gasteiger partial charge is 0.245 e. The quantitative estimate of drug-likeness (QED) is 0.765. The van der Waals surface area contributed by atoms with Crippen LogP contribution in [0.2, 0.25) is 0 Å². The Kier molecular flexibility index (Phi) is 4.33. The Morgan fingerprint density at radius 3 is 2.92 bits per heavy atom. The molecule has 1 aliphatic heterocycles. The van der Waals surface area contributed by atoms with Crippen LogP contribution in [0.25, 0.3) is 0 Å². The Hall–Kier alpha value is -2.15. The SMILES string of the molecule is COc1ccccc1C1(Cn2nnnc2N(C)CC2CCOC2)CC1. The summed E-state index contributed by atoms with van der Waals surface area (Å²) in [6, 6.07) is 8.28. The first-order valence-corrected chi connectivity index (χ1v) is 8.90. The van der Waals surface area contributed by atoms with Gasteiger partial charge in [0.25, 0.3) is 0 Å². The van der Waals surface area contributed by atoms with Crippen molar-refractivity contribution in [1.82, 2.24) is 20.2 Å². The van der Waals surface area contributed by atoms with Crippen molar-refractivity contribution >= 4 is 5.95 Å². The van der Waals surface area contributed by atoms with Crippen molar-refractivity contribution < 1.29 is 9.47 Å². The molecule has 0 N–H and O–H groups in total. The van der Waals surface area contributed by atoms with E-state index in [1.165, 1.54) is 5.56 Å². The molecule has 0 amide bonds. The normalized spacial score (nSPS) is 21.3. The summed E-state index contributed by atoms with van der Waals surface area (Å²) in [7, 11) is 3.79. The zero-order chi connectivity index (χ0) is 17.3. The molecule has 2 fully saturated rings. The second-order valence-corrected chi connectivity index (χ2v) is 7.23. The van der Waals surface area contributed by atoms with Crippen LogP contribution in [0.15, 0.2) is 24.3 Å². The lowest BCUT2D eigenvalue weighted by atomic mass is 9.95. The summed E-state index contributed by atoms with van der Waals surface area (Å²) in [6.07, 6.45) is 3.37. The van der Waals surface area contributed by atoms with Gasteiger partial charge in [0, 0.05) is 37.1 Å². The van der Waals surface area contributed by atoms with Crippen LogP contribution in [0, 0.1) is 5.92 Å². The number of aromatic nitrogens is 4. The number of ether oxygens (including phenoxy) is 2. The van der Waals surface area contributed by atoms with Gasteiger partial charge in [-0.1, -0.05) is 23.3 Å². The number of nitrogens with zero attached hydrogens (tertiary/aromatic N) is 5. The molecule has 7 nitrogen and oxygen atoms in total. The number of anilines is 1. The summed E-state index contributed by atoms with van der Waals surface area (Å²) < 4.78 is 13.0. The molecule has 1 aromatic heterocycles. The van der Waals surface area contributed by atoms with Crippen molar-refractivity contribution in [3.8, 4) is 5.75 Å². The van der Waals surface area contributed by atoms with Crippen LogP contribution in [-0.4, -0.2) is 54.1 Å². The molecule has 2 heterocycles. The molecule has 4 rings (SSSR count). The number of hydrogen-bond donors (Lipinski definition) is 0. The van der Waals surface area contributed by atoms with E-state index in [-0.39, 0.29) is 5.41 Å². The van der Waals surface area contributed by atoms with Crippen LogP contribution in [0.4, 0.5) is 5.95 Å². The van der Waals surface area contributed by atoms with Crippen molar-refractivity contribution in [3.05, 3.63) is 29.8 Å². The summed E-state index contributed by atoms with van der Waals surface area (Å²) >= 11 is 0. The Bertz CT molecular complexity index is 722. The van der Waals surface area contributed by atoms with E-state index in [4.69, 9.17) is 9.47 Å². The third-order valence-corrected chi connectivity index (χ3v) is 5.39. The van der Waals surface area contributed by atoms with E-state index in [0.29, 0.717) is 5.92 Å². The standard InChI is InChI=1S/C18H25N5O2/c1-22(11-14-7-10-25-12-14)17-19-20-21-23(17)13-18(8-9-18)15-5-3-4-6-16(15)24-2/h3-6,14H,7-13H2,1-2H3. The summed E-state index contributed by atoms with van der Waals surface area (Å²) in [5.41, 5.74) is 1.33. The van der Waals surface area contributed by atoms with Crippen LogP contribution in [-0.2, 0) is 16.7 Å². The van der Waals surface area contributed by atoms with Gasteiger partial charge in [-0.25, -0.2) is 4.68 Å². The Labute approximate surface area is 147 Å². The molecule has 0 radical (unpaired) electrons. The van der Waals surface area contributed by atoms with Crippen molar-refractivity contribution in [2.75, 3.05) is 38.8 Å². The minimum atomic E-state index is 0.0774. The summed E-state index contributed by atoms with van der Waals surface area (Å²) in [5.74, 6) is 2.33. The van der Waals surface area contributed by atoms with Gasteiger partial charge in [0.05, 0.1) is 20.3 Å². The van der Waals surface area contributed by atoms with Gasteiger partial charge in [0.15, 0.2) is 0 Å². The fraction of sp³-hybridized carbons (Fsp3) is 0.611. The Balaban J connectivity index is 1.52. The first-order chi connectivity index (χ1) is 12.2. The predicted octanol–water partition coefficient (Wildman–Crippen LogP) is 1.89. The van der Waals surface area contributed by atoms with Gasteiger partial charge >= 0.3 is 0 Å². The fourth-order valence-corrected chi connectivity index (χ4v) is 3.80. The minimum absolute atomic E-state index is 0.0774. The van der Waals surface area contributed by atoms with Gasteiger partial charge in [-0.05, 0) is 35.8 Å². The van der Waals surface area contributed by atoms with E-state index in [9.17, 15) is 0 Å². The zero-order valence-electron chi connectivity index (χ0n) is 14.9. The van der Waals surface area contributed by atoms with Gasteiger partial charge < -0.3 is 14.4 Å². The van der Waals surface area contributed by atoms with Crippen molar-refractivity contribution in [1.29, 1.82) is 0 Å². The molecular formula is C18H25N5O2. The average molecular weight is 343 g/mol. The summed E-state index contributed by atoms with van der Waals surface area (Å²) in [5, 5.41) is 12.4. The molecule has 2 aromatic rings. The fourth-order valence-electron chi connectivity index (χ4n) is 3.80. The van der Waals surface area contributed by atoms with E-state index in [1.54, 1.807) is 7.11 Å². The Morgan fingerprint density at radius 2 is 2.20 bits per heavy atom. The molecule has 7 heteroatoms. The second-order valence-electron chi connectivity index (χ2n) is 7.23. The maximum atomic E-state index is 5.57. The molecule has 1 atom stereocenters. The van der Waals surface area contributed by atoms with Gasteiger partial charge in [-0.15, -0.1) is 0 Å². The lowest BCUT2D eigenvalue weighted by Gasteiger charge is -2.23. The highest BCUT2D eigenvalue weighted by atomic mass is 16.5. The van der Waals surface area contributed by atoms with Crippen LogP contribution in [0.5, 0.6) is 5.75 Å². The first kappa shape index (κ1) is 16.3. The first-order valence-electron chi connectivity index (χ1n) is 8.90. The molecular weight excluding hydrogens is 318 g/mol. The number of rotatable bonds is 7. The molecule has 1 unspecified atom stereocenters. The minimum Gasteiger partial charge on any atom is -0.496 e. The highest BCUT2D eigenvalue weighted by Gasteiger charge is 2.47. The molecule has 0 bridgehead atoms. The Morgan fingerprint density at radius 1 is 1.36 bits per heavy atom. The van der Waals surface area contributed by atoms with Crippen LogP contribution in [0.1, 0.15) is 24.8 Å². The zero-order valence-corrected chi connectivity index (χ0v) is 14.9. The van der Waals surface area contributed by atoms with E-state index < -0.39 is 0 Å². The molecule has 25 heavy (non-hydrogen) atoms. The monoisotopic (exact) mass is 343 g/mol. The molecule has 134 valence electrons. The molecule has 1 aromatic carbocycles. The van der Waals surface area contributed by atoms with E-state index in [0.717, 1.165) is 57.3 Å².